The quantitative estimate of drug-likeness (QED) is 0.783. The maximum absolute atomic E-state index is 11.2. The van der Waals surface area contributed by atoms with Gasteiger partial charge < -0.3 is 9.80 Å². The number of nitrogens with zero attached hydrogens (tertiary/aromatic N) is 2. The molecule has 0 aliphatic rings. The Kier molecular flexibility index (Phi) is 7.93. The first kappa shape index (κ1) is 16.9. The Morgan fingerprint density at radius 3 is 2.32 bits per heavy atom. The van der Waals surface area contributed by atoms with E-state index in [0.717, 1.165) is 12.0 Å². The summed E-state index contributed by atoms with van der Waals surface area (Å²) in [6.07, 6.45) is 2.53. The fourth-order valence-electron chi connectivity index (χ4n) is 1.35. The lowest BCUT2D eigenvalue weighted by Crippen LogP contribution is -2.27. The normalized spacial score (nSPS) is 8.84. The number of carbonyl (C=O) groups excluding carboxylic acids is 2. The van der Waals surface area contributed by atoms with Gasteiger partial charge >= 0.3 is 0 Å². The Morgan fingerprint density at radius 1 is 1.37 bits per heavy atom. The zero-order valence-corrected chi connectivity index (χ0v) is 12.1. The molecule has 0 saturated heterocycles. The van der Waals surface area contributed by atoms with Crippen LogP contribution in [-0.4, -0.2) is 37.7 Å². The van der Waals surface area contributed by atoms with Crippen LogP contribution >= 0.6 is 0 Å². The van der Waals surface area contributed by atoms with E-state index in [-0.39, 0.29) is 5.91 Å². The summed E-state index contributed by atoms with van der Waals surface area (Å²) in [7, 11) is 3.88. The van der Waals surface area contributed by atoms with Crippen LogP contribution < -0.4 is 4.90 Å². The molecule has 0 unspecified atom stereocenters. The van der Waals surface area contributed by atoms with Crippen LogP contribution in [0.2, 0.25) is 0 Å². The van der Waals surface area contributed by atoms with Crippen molar-refractivity contribution in [3.63, 3.8) is 0 Å². The van der Waals surface area contributed by atoms with Crippen molar-refractivity contribution in [3.8, 4) is 0 Å². The van der Waals surface area contributed by atoms with Gasteiger partial charge in [0.1, 0.15) is 6.29 Å². The Bertz CT molecular complexity index is 428. The van der Waals surface area contributed by atoms with Gasteiger partial charge in [-0.2, -0.15) is 0 Å². The van der Waals surface area contributed by atoms with Crippen LogP contribution in [0.25, 0.3) is 0 Å². The number of benzene rings is 1. The van der Waals surface area contributed by atoms with Crippen molar-refractivity contribution < 1.29 is 9.59 Å². The van der Waals surface area contributed by atoms with Crippen molar-refractivity contribution in [3.05, 3.63) is 42.6 Å². The molecule has 0 aromatic heterocycles. The summed E-state index contributed by atoms with van der Waals surface area (Å²) >= 11 is 0. The molecule has 0 N–H and O–H groups in total. The molecule has 1 rings (SSSR count). The minimum Gasteiger partial charge on any atom is -0.384 e. The summed E-state index contributed by atoms with van der Waals surface area (Å²) in [6.45, 7) is 7.50. The number of anilines is 1. The second-order valence-corrected chi connectivity index (χ2v) is 4.12. The molecular weight excluding hydrogens is 240 g/mol. The molecule has 104 valence electrons. The molecular formula is C15H22N2O2. The molecule has 0 bridgehead atoms. The van der Waals surface area contributed by atoms with Crippen molar-refractivity contribution in [1.82, 2.24) is 4.90 Å². The zero-order valence-electron chi connectivity index (χ0n) is 12.1. The van der Waals surface area contributed by atoms with Gasteiger partial charge in [-0.05, 0) is 25.3 Å². The summed E-state index contributed by atoms with van der Waals surface area (Å²) in [5, 5.41) is 0. The van der Waals surface area contributed by atoms with Crippen LogP contribution in [0.5, 0.6) is 0 Å². The molecule has 0 spiro atoms. The monoisotopic (exact) mass is 262 g/mol. The fourth-order valence-corrected chi connectivity index (χ4v) is 1.35. The van der Waals surface area contributed by atoms with Gasteiger partial charge in [0.15, 0.2) is 0 Å². The van der Waals surface area contributed by atoms with Gasteiger partial charge in [-0.3, -0.25) is 9.59 Å². The molecule has 0 radical (unpaired) electrons. The molecule has 1 amide bonds. The first-order valence-electron chi connectivity index (χ1n) is 6.08. The third kappa shape index (κ3) is 6.41. The summed E-state index contributed by atoms with van der Waals surface area (Å²) in [6, 6.07) is 7.00. The van der Waals surface area contributed by atoms with E-state index in [4.69, 9.17) is 0 Å². The van der Waals surface area contributed by atoms with Gasteiger partial charge in [-0.15, -0.1) is 0 Å². The highest BCUT2D eigenvalue weighted by molar-refractivity contribution is 5.92. The van der Waals surface area contributed by atoms with Crippen LogP contribution in [0.1, 0.15) is 24.2 Å². The third-order valence-corrected chi connectivity index (χ3v) is 2.38. The maximum Gasteiger partial charge on any atom is 0.223 e. The first-order valence-corrected chi connectivity index (χ1v) is 6.08. The number of aldehydes is 1. The highest BCUT2D eigenvalue weighted by Gasteiger charge is 2.08. The summed E-state index contributed by atoms with van der Waals surface area (Å²) < 4.78 is 0. The molecule has 0 heterocycles. The van der Waals surface area contributed by atoms with E-state index < -0.39 is 0 Å². The van der Waals surface area contributed by atoms with Crippen LogP contribution in [0.3, 0.4) is 0 Å². The number of amides is 1. The smallest absolute Gasteiger partial charge is 0.223 e. The second-order valence-electron chi connectivity index (χ2n) is 4.12. The lowest BCUT2D eigenvalue weighted by atomic mass is 10.2. The van der Waals surface area contributed by atoms with E-state index in [1.807, 2.05) is 32.0 Å². The highest BCUT2D eigenvalue weighted by Crippen LogP contribution is 2.15. The van der Waals surface area contributed by atoms with E-state index in [1.165, 1.54) is 6.92 Å². The number of hydrogen-bond donors (Lipinski definition) is 0. The standard InChI is InChI=1S/C11H13NO2.C4H9N/c1-3-12(9(2)14)11-6-4-5-10(7-11)8-13;1-4-5(2)3/h4-8H,3H2,1-2H3;4H,1H2,2-3H3. The summed E-state index contributed by atoms with van der Waals surface area (Å²) in [5.74, 6) is -0.0180. The van der Waals surface area contributed by atoms with Gasteiger partial charge in [0.25, 0.3) is 0 Å². The molecule has 0 saturated carbocycles. The van der Waals surface area contributed by atoms with Crippen molar-refractivity contribution in [2.24, 2.45) is 0 Å². The minimum absolute atomic E-state index is 0.0180. The topological polar surface area (TPSA) is 40.6 Å². The van der Waals surface area contributed by atoms with Crippen LogP contribution in [-0.2, 0) is 4.79 Å². The molecule has 0 atom stereocenters. The van der Waals surface area contributed by atoms with E-state index in [1.54, 1.807) is 29.3 Å². The van der Waals surface area contributed by atoms with Crippen molar-refractivity contribution in [1.29, 1.82) is 0 Å². The van der Waals surface area contributed by atoms with E-state index in [9.17, 15) is 9.59 Å². The van der Waals surface area contributed by atoms with Gasteiger partial charge in [-0.1, -0.05) is 18.7 Å². The van der Waals surface area contributed by atoms with Gasteiger partial charge in [0.2, 0.25) is 5.91 Å². The molecule has 1 aromatic carbocycles. The predicted molar refractivity (Wildman–Crippen MR) is 79.4 cm³/mol. The van der Waals surface area contributed by atoms with E-state index in [0.29, 0.717) is 12.1 Å². The van der Waals surface area contributed by atoms with Gasteiger partial charge in [0, 0.05) is 38.8 Å². The fraction of sp³-hybridized carbons (Fsp3) is 0.333. The number of carbonyl (C=O) groups is 2. The molecule has 19 heavy (non-hydrogen) atoms. The molecule has 1 aromatic rings. The predicted octanol–water partition coefficient (Wildman–Crippen LogP) is 2.56. The lowest BCUT2D eigenvalue weighted by Gasteiger charge is -2.18. The Balaban J connectivity index is 0.000000555. The van der Waals surface area contributed by atoms with Crippen LogP contribution in [0, 0.1) is 0 Å². The number of hydrogen-bond acceptors (Lipinski definition) is 3. The maximum atomic E-state index is 11.2. The second kappa shape index (κ2) is 8.91. The lowest BCUT2D eigenvalue weighted by molar-refractivity contribution is -0.116. The largest absolute Gasteiger partial charge is 0.384 e. The Hall–Kier alpha value is -2.10. The van der Waals surface area contributed by atoms with Gasteiger partial charge in [-0.25, -0.2) is 0 Å². The first-order chi connectivity index (χ1) is 8.96. The minimum atomic E-state index is -0.0180. The molecule has 4 heteroatoms. The number of rotatable bonds is 4. The molecule has 0 aliphatic heterocycles. The summed E-state index contributed by atoms with van der Waals surface area (Å²) in [5.41, 5.74) is 1.35. The highest BCUT2D eigenvalue weighted by atomic mass is 16.2. The van der Waals surface area contributed by atoms with Crippen LogP contribution in [0.15, 0.2) is 37.0 Å². The van der Waals surface area contributed by atoms with Crippen LogP contribution in [0.4, 0.5) is 5.69 Å². The van der Waals surface area contributed by atoms with E-state index in [2.05, 4.69) is 6.58 Å². The molecule has 0 aliphatic carbocycles. The average molecular weight is 262 g/mol. The van der Waals surface area contributed by atoms with Crippen molar-refractivity contribution in [2.45, 2.75) is 13.8 Å². The SMILES string of the molecule is C=CN(C)C.CCN(C(C)=O)c1cccc(C=O)c1. The Morgan fingerprint density at radius 2 is 1.95 bits per heavy atom. The Labute approximate surface area is 115 Å². The third-order valence-electron chi connectivity index (χ3n) is 2.38. The van der Waals surface area contributed by atoms with E-state index >= 15 is 0 Å². The summed E-state index contributed by atoms with van der Waals surface area (Å²) in [4.78, 5) is 25.3. The molecule has 0 fully saturated rings. The zero-order chi connectivity index (χ0) is 14.8. The van der Waals surface area contributed by atoms with Gasteiger partial charge in [0.05, 0.1) is 0 Å². The van der Waals surface area contributed by atoms with Crippen molar-refractivity contribution in [2.75, 3.05) is 25.5 Å². The molecule has 4 nitrogen and oxygen atoms in total. The average Bonchev–Trinajstić information content (AvgIpc) is 2.40. The van der Waals surface area contributed by atoms with Crippen molar-refractivity contribution >= 4 is 17.9 Å².